The summed E-state index contributed by atoms with van der Waals surface area (Å²) in [5.74, 6) is 0. The molecule has 0 bridgehead atoms. The second kappa shape index (κ2) is 7.17. The van der Waals surface area contributed by atoms with Crippen molar-refractivity contribution in [2.24, 2.45) is 4.99 Å². The molecule has 0 aromatic heterocycles. The lowest BCUT2D eigenvalue weighted by Crippen LogP contribution is -2.41. The number of hydrogen-bond donors (Lipinski definition) is 0. The topological polar surface area (TPSA) is 21.6 Å². The zero-order valence-electron chi connectivity index (χ0n) is 14.7. The molecule has 1 aromatic rings. The highest BCUT2D eigenvalue weighted by atomic mass is 28.4. The van der Waals surface area contributed by atoms with E-state index in [0.717, 1.165) is 12.5 Å². The minimum absolute atomic E-state index is 0.00295. The summed E-state index contributed by atoms with van der Waals surface area (Å²) in [4.78, 5) is 3.89. The van der Waals surface area contributed by atoms with E-state index in [1.54, 1.807) is 24.3 Å². The predicted octanol–water partition coefficient (Wildman–Crippen LogP) is 5.77. The van der Waals surface area contributed by atoms with Gasteiger partial charge in [0.15, 0.2) is 8.32 Å². The van der Waals surface area contributed by atoms with Crippen molar-refractivity contribution < 1.29 is 17.6 Å². The lowest BCUT2D eigenvalue weighted by Gasteiger charge is -2.37. The Labute approximate surface area is 137 Å². The van der Waals surface area contributed by atoms with Crippen LogP contribution in [0.5, 0.6) is 0 Å². The third-order valence-electron chi connectivity index (χ3n) is 4.35. The number of aliphatic imine (C=N–C) groups is 1. The summed E-state index contributed by atoms with van der Waals surface area (Å²) < 4.78 is 44.6. The van der Waals surface area contributed by atoms with Gasteiger partial charge in [-0.1, -0.05) is 51.1 Å². The Morgan fingerprint density at radius 3 is 2.09 bits per heavy atom. The highest BCUT2D eigenvalue weighted by Gasteiger charge is 2.38. The summed E-state index contributed by atoms with van der Waals surface area (Å²) in [6.07, 6.45) is -4.41. The third-order valence-corrected chi connectivity index (χ3v) is 8.85. The molecule has 0 heterocycles. The lowest BCUT2D eigenvalue weighted by molar-refractivity contribution is -0.0596. The van der Waals surface area contributed by atoms with E-state index in [4.69, 9.17) is 4.43 Å². The first-order valence-electron chi connectivity index (χ1n) is 7.65. The van der Waals surface area contributed by atoms with Crippen LogP contribution >= 0.6 is 0 Å². The minimum atomic E-state index is -4.41. The van der Waals surface area contributed by atoms with E-state index in [9.17, 15) is 13.2 Å². The van der Waals surface area contributed by atoms with Gasteiger partial charge in [-0.3, -0.25) is 4.99 Å². The van der Waals surface area contributed by atoms with E-state index in [0.29, 0.717) is 0 Å². The maximum absolute atomic E-state index is 12.8. The first-order valence-corrected chi connectivity index (χ1v) is 10.6. The monoisotopic (exact) mass is 345 g/mol. The van der Waals surface area contributed by atoms with Crippen LogP contribution in [-0.4, -0.2) is 26.8 Å². The van der Waals surface area contributed by atoms with E-state index in [2.05, 4.69) is 38.9 Å². The lowest BCUT2D eigenvalue weighted by atomic mass is 10.1. The first kappa shape index (κ1) is 19.9. The van der Waals surface area contributed by atoms with Crippen LogP contribution in [0.15, 0.2) is 35.3 Å². The minimum Gasteiger partial charge on any atom is -0.414 e. The molecule has 6 heteroatoms. The van der Waals surface area contributed by atoms with Gasteiger partial charge < -0.3 is 4.43 Å². The molecule has 130 valence electrons. The SMILES string of the molecule is CC(=N[C@@H](CO[Si](C)(C)C(C)(C)C)c1ccccc1)C(F)(F)F. The van der Waals surface area contributed by atoms with Crippen LogP contribution in [0.1, 0.15) is 39.3 Å². The molecule has 23 heavy (non-hydrogen) atoms. The zero-order valence-corrected chi connectivity index (χ0v) is 15.7. The number of hydrogen-bond acceptors (Lipinski definition) is 2. The number of rotatable bonds is 5. The number of nitrogens with zero attached hydrogens (tertiary/aromatic N) is 1. The molecular weight excluding hydrogens is 319 g/mol. The Hall–Kier alpha value is -1.14. The van der Waals surface area contributed by atoms with E-state index < -0.39 is 26.2 Å². The van der Waals surface area contributed by atoms with Gasteiger partial charge in [0.05, 0.1) is 12.6 Å². The van der Waals surface area contributed by atoms with Gasteiger partial charge in [-0.15, -0.1) is 0 Å². The summed E-state index contributed by atoms with van der Waals surface area (Å²) >= 11 is 0. The molecule has 0 spiro atoms. The van der Waals surface area contributed by atoms with E-state index in [-0.39, 0.29) is 11.6 Å². The summed E-state index contributed by atoms with van der Waals surface area (Å²) in [6, 6.07) is 8.35. The molecule has 0 saturated heterocycles. The van der Waals surface area contributed by atoms with Crippen LogP contribution in [0.3, 0.4) is 0 Å². The van der Waals surface area contributed by atoms with E-state index >= 15 is 0 Å². The van der Waals surface area contributed by atoms with Gasteiger partial charge in [-0.05, 0) is 30.6 Å². The second-order valence-electron chi connectivity index (χ2n) is 7.21. The Bertz CT molecular complexity index is 533. The standard InChI is InChI=1S/C17H26F3NOSi/c1-13(17(18,19)20)21-15(14-10-8-7-9-11-14)12-22-23(5,6)16(2,3)4/h7-11,15H,12H2,1-6H3/t15-/m0/s1. The number of alkyl halides is 3. The zero-order chi connectivity index (χ0) is 17.9. The van der Waals surface area contributed by atoms with E-state index in [1.807, 2.05) is 6.07 Å². The van der Waals surface area contributed by atoms with Crippen molar-refractivity contribution in [3.8, 4) is 0 Å². The van der Waals surface area contributed by atoms with E-state index in [1.165, 1.54) is 0 Å². The summed E-state index contributed by atoms with van der Waals surface area (Å²) in [5, 5.41) is -0.00295. The highest BCUT2D eigenvalue weighted by Crippen LogP contribution is 2.37. The van der Waals surface area contributed by atoms with Crippen molar-refractivity contribution in [3.05, 3.63) is 35.9 Å². The first-order chi connectivity index (χ1) is 10.3. The molecular formula is C17H26F3NOSi. The molecule has 1 aromatic carbocycles. The van der Waals surface area contributed by atoms with Gasteiger partial charge in [0.1, 0.15) is 5.71 Å². The van der Waals surface area contributed by atoms with Crippen molar-refractivity contribution in [1.82, 2.24) is 0 Å². The molecule has 0 aliphatic heterocycles. The molecule has 0 aliphatic rings. The van der Waals surface area contributed by atoms with Gasteiger partial charge in [0, 0.05) is 0 Å². The van der Waals surface area contributed by atoms with Crippen LogP contribution in [0.4, 0.5) is 13.2 Å². The van der Waals surface area contributed by atoms with Crippen molar-refractivity contribution in [2.75, 3.05) is 6.61 Å². The fraction of sp³-hybridized carbons (Fsp3) is 0.588. The second-order valence-corrected chi connectivity index (χ2v) is 12.0. The Kier molecular flexibility index (Phi) is 6.21. The summed E-state index contributed by atoms with van der Waals surface area (Å²) in [5.41, 5.74) is -0.0972. The number of benzene rings is 1. The molecule has 0 amide bonds. The largest absolute Gasteiger partial charge is 0.428 e. The normalized spacial score (nSPS) is 15.6. The Morgan fingerprint density at radius 1 is 1.13 bits per heavy atom. The number of halogens is 3. The Balaban J connectivity index is 3.03. The van der Waals surface area contributed by atoms with Gasteiger partial charge in [-0.2, -0.15) is 13.2 Å². The van der Waals surface area contributed by atoms with Gasteiger partial charge in [-0.25, -0.2) is 0 Å². The molecule has 0 saturated carbocycles. The molecule has 0 N–H and O–H groups in total. The van der Waals surface area contributed by atoms with Crippen molar-refractivity contribution in [1.29, 1.82) is 0 Å². The molecule has 2 nitrogen and oxygen atoms in total. The van der Waals surface area contributed by atoms with Crippen LogP contribution in [0, 0.1) is 0 Å². The molecule has 1 rings (SSSR count). The summed E-state index contributed by atoms with van der Waals surface area (Å²) in [7, 11) is -2.05. The van der Waals surface area contributed by atoms with Crippen molar-refractivity contribution >= 4 is 14.0 Å². The smallest absolute Gasteiger partial charge is 0.414 e. The van der Waals surface area contributed by atoms with Crippen molar-refractivity contribution in [3.63, 3.8) is 0 Å². The van der Waals surface area contributed by atoms with Crippen LogP contribution < -0.4 is 0 Å². The molecule has 0 radical (unpaired) electrons. The average Bonchev–Trinajstić information content (AvgIpc) is 2.41. The molecule has 0 fully saturated rings. The highest BCUT2D eigenvalue weighted by molar-refractivity contribution is 6.74. The maximum atomic E-state index is 12.8. The third kappa shape index (κ3) is 5.77. The Morgan fingerprint density at radius 2 is 1.65 bits per heavy atom. The van der Waals surface area contributed by atoms with Crippen LogP contribution in [0.2, 0.25) is 18.1 Å². The summed E-state index contributed by atoms with van der Waals surface area (Å²) in [6.45, 7) is 11.6. The van der Waals surface area contributed by atoms with Gasteiger partial charge in [0.25, 0.3) is 0 Å². The maximum Gasteiger partial charge on any atom is 0.428 e. The van der Waals surface area contributed by atoms with Crippen LogP contribution in [0.25, 0.3) is 0 Å². The molecule has 1 atom stereocenters. The molecule has 0 unspecified atom stereocenters. The quantitative estimate of drug-likeness (QED) is 0.490. The van der Waals surface area contributed by atoms with Gasteiger partial charge in [0.2, 0.25) is 0 Å². The predicted molar refractivity (Wildman–Crippen MR) is 91.5 cm³/mol. The van der Waals surface area contributed by atoms with Gasteiger partial charge >= 0.3 is 6.18 Å². The molecule has 0 aliphatic carbocycles. The van der Waals surface area contributed by atoms with Crippen LogP contribution in [-0.2, 0) is 4.43 Å². The average molecular weight is 345 g/mol. The fourth-order valence-corrected chi connectivity index (χ4v) is 2.70. The van der Waals surface area contributed by atoms with Crippen molar-refractivity contribution in [2.45, 2.75) is 58.0 Å². The fourth-order valence-electron chi connectivity index (χ4n) is 1.69.